The number of carbonyl (C=O) groups is 1. The number of carbonyl (C=O) groups excluding carboxylic acids is 1. The molecule has 30 heavy (non-hydrogen) atoms. The van der Waals surface area contributed by atoms with Gasteiger partial charge in [-0.1, -0.05) is 30.3 Å². The predicted octanol–water partition coefficient (Wildman–Crippen LogP) is 1.81. The lowest BCUT2D eigenvalue weighted by molar-refractivity contribution is -0.171. The van der Waals surface area contributed by atoms with E-state index in [4.69, 9.17) is 14.2 Å². The van der Waals surface area contributed by atoms with Crippen molar-refractivity contribution in [1.29, 1.82) is 0 Å². The summed E-state index contributed by atoms with van der Waals surface area (Å²) in [6.07, 6.45) is 6.20. The van der Waals surface area contributed by atoms with Crippen LogP contribution in [0.1, 0.15) is 38.2 Å². The Morgan fingerprint density at radius 3 is 2.93 bits per heavy atom. The number of hydrogen-bond acceptors (Lipinski definition) is 8. The average molecular weight is 418 g/mol. The van der Waals surface area contributed by atoms with E-state index < -0.39 is 6.41 Å². The molecule has 0 aliphatic carbocycles. The number of nitrogens with zero attached hydrogens (tertiary/aromatic N) is 3. The molecule has 0 spiro atoms. The van der Waals surface area contributed by atoms with Gasteiger partial charge in [-0.15, -0.1) is 0 Å². The van der Waals surface area contributed by atoms with Gasteiger partial charge in [-0.25, -0.2) is 15.4 Å². The zero-order valence-corrected chi connectivity index (χ0v) is 17.2. The topological polar surface area (TPSA) is 98.1 Å². The van der Waals surface area contributed by atoms with Crippen LogP contribution in [0.4, 0.5) is 0 Å². The zero-order chi connectivity index (χ0) is 21.2. The Kier molecular flexibility index (Phi) is 8.79. The third-order valence-corrected chi connectivity index (χ3v) is 4.71. The Balaban J connectivity index is 1.50. The van der Waals surface area contributed by atoms with Crippen LogP contribution in [0.2, 0.25) is 0 Å². The summed E-state index contributed by atoms with van der Waals surface area (Å²) in [4.78, 5) is 16.3. The van der Waals surface area contributed by atoms with Gasteiger partial charge in [0.05, 0.1) is 12.9 Å². The van der Waals surface area contributed by atoms with E-state index in [0.29, 0.717) is 6.61 Å². The zero-order valence-electron chi connectivity index (χ0n) is 17.2. The van der Waals surface area contributed by atoms with Crippen molar-refractivity contribution < 1.29 is 24.1 Å². The summed E-state index contributed by atoms with van der Waals surface area (Å²) in [5, 5.41) is 11.8. The van der Waals surface area contributed by atoms with Crippen molar-refractivity contribution >= 4 is 5.97 Å². The van der Waals surface area contributed by atoms with Gasteiger partial charge in [0.1, 0.15) is 19.4 Å². The largest absolute Gasteiger partial charge is 0.460 e. The molecule has 1 fully saturated rings. The van der Waals surface area contributed by atoms with Crippen LogP contribution in [0, 0.1) is 0 Å². The number of aliphatic hydroxyl groups excluding tert-OH is 1. The second-order valence-electron chi connectivity index (χ2n) is 7.30. The number of nitrogens with one attached hydrogen (secondary N) is 1. The minimum absolute atomic E-state index is 0.0475. The van der Waals surface area contributed by atoms with Crippen LogP contribution in [-0.2, 0) is 25.6 Å². The van der Waals surface area contributed by atoms with Crippen LogP contribution in [0.15, 0.2) is 49.1 Å². The van der Waals surface area contributed by atoms with Crippen LogP contribution in [0.3, 0.4) is 0 Å². The van der Waals surface area contributed by atoms with Gasteiger partial charge >= 0.3 is 5.97 Å². The fourth-order valence-corrected chi connectivity index (χ4v) is 3.16. The van der Waals surface area contributed by atoms with E-state index in [1.165, 1.54) is 10.9 Å². The molecule has 9 heteroatoms. The third kappa shape index (κ3) is 7.19. The summed E-state index contributed by atoms with van der Waals surface area (Å²) in [5.41, 5.74) is 4.20. The number of benzene rings is 1. The van der Waals surface area contributed by atoms with E-state index >= 15 is 0 Å². The summed E-state index contributed by atoms with van der Waals surface area (Å²) < 4.78 is 18.2. The lowest BCUT2D eigenvalue weighted by atomic mass is 10.2. The highest BCUT2D eigenvalue weighted by Crippen LogP contribution is 2.16. The lowest BCUT2D eigenvalue weighted by Gasteiger charge is -2.35. The fraction of sp³-hybridized carbons (Fsp3) is 0.524. The molecule has 1 aliphatic heterocycles. The summed E-state index contributed by atoms with van der Waals surface area (Å²) in [6.45, 7) is 3.07. The Hall–Kier alpha value is -2.30. The van der Waals surface area contributed by atoms with Gasteiger partial charge in [0, 0.05) is 25.0 Å². The molecule has 2 aromatic rings. The molecule has 3 atom stereocenters. The van der Waals surface area contributed by atoms with Crippen molar-refractivity contribution in [3.05, 3.63) is 54.6 Å². The van der Waals surface area contributed by atoms with Gasteiger partial charge in [0.15, 0.2) is 0 Å². The van der Waals surface area contributed by atoms with Crippen LogP contribution in [0.25, 0.3) is 0 Å². The Morgan fingerprint density at radius 2 is 2.23 bits per heavy atom. The molecule has 1 saturated heterocycles. The second kappa shape index (κ2) is 11.8. The average Bonchev–Trinajstić information content (AvgIpc) is 3.32. The van der Waals surface area contributed by atoms with Crippen LogP contribution < -0.4 is 5.43 Å². The van der Waals surface area contributed by atoms with Crippen molar-refractivity contribution in [2.45, 2.75) is 51.5 Å². The number of hydrogen-bond donors (Lipinski definition) is 2. The molecule has 0 bridgehead atoms. The highest BCUT2D eigenvalue weighted by atomic mass is 16.6. The molecule has 0 radical (unpaired) electrons. The molecule has 2 heterocycles. The van der Waals surface area contributed by atoms with E-state index in [1.54, 1.807) is 17.4 Å². The predicted molar refractivity (Wildman–Crippen MR) is 109 cm³/mol. The molecule has 1 aromatic heterocycles. The standard InChI is InChI=1S/C21H30N4O5/c1-17(14-30-21(27)24-11-10-22-16-24)23-25(19-9-5-6-12-28-19)13-20(26)29-15-18-7-3-2-4-8-18/h2-4,7-8,10-11,16-17,19,21,23,27H,5-6,9,12-15H2,1H3. The number of ether oxygens (including phenoxy) is 3. The van der Waals surface area contributed by atoms with E-state index in [9.17, 15) is 9.90 Å². The first-order chi connectivity index (χ1) is 14.6. The highest BCUT2D eigenvalue weighted by Gasteiger charge is 2.26. The molecule has 164 valence electrons. The molecule has 3 unspecified atom stereocenters. The van der Waals surface area contributed by atoms with Crippen molar-refractivity contribution in [2.24, 2.45) is 0 Å². The fourth-order valence-electron chi connectivity index (χ4n) is 3.16. The van der Waals surface area contributed by atoms with Crippen molar-refractivity contribution in [3.8, 4) is 0 Å². The minimum Gasteiger partial charge on any atom is -0.460 e. The van der Waals surface area contributed by atoms with Gasteiger partial charge in [0.25, 0.3) is 0 Å². The molecule has 2 N–H and O–H groups in total. The minimum atomic E-state index is -1.12. The molecular formula is C21H30N4O5. The lowest BCUT2D eigenvalue weighted by Crippen LogP contribution is -2.54. The van der Waals surface area contributed by atoms with E-state index in [-0.39, 0.29) is 38.0 Å². The number of rotatable bonds is 11. The summed E-state index contributed by atoms with van der Waals surface area (Å²) in [5.74, 6) is -0.341. The normalized spacial score (nSPS) is 18.8. The summed E-state index contributed by atoms with van der Waals surface area (Å²) in [6, 6.07) is 9.40. The Bertz CT molecular complexity index is 737. The number of aliphatic hydroxyl groups is 1. The number of aromatic nitrogens is 2. The molecule has 0 saturated carbocycles. The Morgan fingerprint density at radius 1 is 1.40 bits per heavy atom. The molecule has 9 nitrogen and oxygen atoms in total. The maximum Gasteiger partial charge on any atom is 0.322 e. The van der Waals surface area contributed by atoms with Gasteiger partial charge in [0.2, 0.25) is 6.41 Å². The first-order valence-electron chi connectivity index (χ1n) is 10.2. The van der Waals surface area contributed by atoms with Gasteiger partial charge in [-0.2, -0.15) is 0 Å². The Labute approximate surface area is 176 Å². The first kappa shape index (κ1) is 22.4. The number of hydrazine groups is 1. The van der Waals surface area contributed by atoms with Crippen LogP contribution in [0.5, 0.6) is 0 Å². The summed E-state index contributed by atoms with van der Waals surface area (Å²) >= 11 is 0. The SMILES string of the molecule is CC(COC(O)n1ccnc1)NN(CC(=O)OCc1ccccc1)C1CCCCO1. The molecule has 0 amide bonds. The maximum atomic E-state index is 12.4. The van der Waals surface area contributed by atoms with Crippen molar-refractivity contribution in [1.82, 2.24) is 20.0 Å². The second-order valence-corrected chi connectivity index (χ2v) is 7.30. The van der Waals surface area contributed by atoms with Crippen LogP contribution >= 0.6 is 0 Å². The van der Waals surface area contributed by atoms with Gasteiger partial charge < -0.3 is 19.3 Å². The summed E-state index contributed by atoms with van der Waals surface area (Å²) in [7, 11) is 0. The molecule has 1 aliphatic rings. The number of imidazole rings is 1. The van der Waals surface area contributed by atoms with E-state index in [0.717, 1.165) is 24.8 Å². The monoisotopic (exact) mass is 418 g/mol. The third-order valence-electron chi connectivity index (χ3n) is 4.71. The number of esters is 1. The van der Waals surface area contributed by atoms with E-state index in [1.807, 2.05) is 37.3 Å². The smallest absolute Gasteiger partial charge is 0.322 e. The maximum absolute atomic E-state index is 12.4. The highest BCUT2D eigenvalue weighted by molar-refractivity contribution is 5.71. The molecular weight excluding hydrogens is 388 g/mol. The first-order valence-corrected chi connectivity index (χ1v) is 10.2. The van der Waals surface area contributed by atoms with Crippen molar-refractivity contribution in [2.75, 3.05) is 19.8 Å². The molecule has 1 aromatic carbocycles. The van der Waals surface area contributed by atoms with Gasteiger partial charge in [-0.05, 0) is 31.7 Å². The quantitative estimate of drug-likeness (QED) is 0.324. The van der Waals surface area contributed by atoms with Crippen LogP contribution in [-0.4, -0.2) is 57.7 Å². The van der Waals surface area contributed by atoms with Crippen molar-refractivity contribution in [3.63, 3.8) is 0 Å². The van der Waals surface area contributed by atoms with E-state index in [2.05, 4.69) is 10.4 Å². The van der Waals surface area contributed by atoms with Gasteiger partial charge in [-0.3, -0.25) is 9.36 Å². The molecule has 3 rings (SSSR count).